The molecule has 1 N–H and O–H groups in total. The van der Waals surface area contributed by atoms with Crippen molar-refractivity contribution in [2.24, 2.45) is 5.41 Å². The highest BCUT2D eigenvalue weighted by molar-refractivity contribution is 6.31. The van der Waals surface area contributed by atoms with Crippen LogP contribution in [0, 0.1) is 15.5 Å². The van der Waals surface area contributed by atoms with E-state index >= 15 is 0 Å². The van der Waals surface area contributed by atoms with Gasteiger partial charge in [0, 0.05) is 25.2 Å². The molecule has 1 aliphatic heterocycles. The Kier molecular flexibility index (Phi) is 4.94. The van der Waals surface area contributed by atoms with Crippen molar-refractivity contribution in [1.82, 2.24) is 4.90 Å². The quantitative estimate of drug-likeness (QED) is 0.639. The van der Waals surface area contributed by atoms with Crippen molar-refractivity contribution >= 4 is 29.2 Å². The van der Waals surface area contributed by atoms with Crippen molar-refractivity contribution in [3.63, 3.8) is 0 Å². The van der Waals surface area contributed by atoms with Crippen molar-refractivity contribution in [3.05, 3.63) is 38.9 Å². The highest BCUT2D eigenvalue weighted by atomic mass is 35.5. The molecule has 1 fully saturated rings. The van der Waals surface area contributed by atoms with Gasteiger partial charge in [-0.1, -0.05) is 17.7 Å². The second kappa shape index (κ2) is 6.51. The van der Waals surface area contributed by atoms with E-state index in [4.69, 9.17) is 16.7 Å². The monoisotopic (exact) mass is 380 g/mol. The van der Waals surface area contributed by atoms with E-state index in [0.717, 1.165) is 17.0 Å². The Morgan fingerprint density at radius 1 is 1.40 bits per heavy atom. The number of hydrogen-bond acceptors (Lipinski definition) is 4. The second-order valence-electron chi connectivity index (χ2n) is 5.66. The maximum absolute atomic E-state index is 13.1. The molecule has 136 valence electrons. The van der Waals surface area contributed by atoms with Gasteiger partial charge in [-0.05, 0) is 12.0 Å². The lowest BCUT2D eigenvalue weighted by atomic mass is 9.86. The third kappa shape index (κ3) is 3.53. The number of nitro groups is 1. The van der Waals surface area contributed by atoms with Gasteiger partial charge in [0.15, 0.2) is 5.41 Å². The Balaban J connectivity index is 2.15. The summed E-state index contributed by atoms with van der Waals surface area (Å²) >= 11 is 5.85. The summed E-state index contributed by atoms with van der Waals surface area (Å²) in [4.78, 5) is 34.1. The number of hydrogen-bond donors (Lipinski definition) is 1. The Labute approximate surface area is 144 Å². The van der Waals surface area contributed by atoms with Crippen molar-refractivity contribution in [1.29, 1.82) is 0 Å². The van der Waals surface area contributed by atoms with Crippen molar-refractivity contribution in [2.75, 3.05) is 13.1 Å². The fourth-order valence-corrected chi connectivity index (χ4v) is 2.86. The van der Waals surface area contributed by atoms with Crippen LogP contribution < -0.4 is 0 Å². The fourth-order valence-electron chi connectivity index (χ4n) is 2.62. The first-order chi connectivity index (χ1) is 11.5. The van der Waals surface area contributed by atoms with E-state index in [2.05, 4.69) is 0 Å². The molecule has 0 spiro atoms. The van der Waals surface area contributed by atoms with Crippen LogP contribution in [0.1, 0.15) is 12.0 Å². The van der Waals surface area contributed by atoms with Gasteiger partial charge in [0.1, 0.15) is 0 Å². The van der Waals surface area contributed by atoms with Gasteiger partial charge in [0.05, 0.1) is 16.4 Å². The number of alkyl halides is 3. The molecule has 11 heteroatoms. The van der Waals surface area contributed by atoms with Gasteiger partial charge in [0.25, 0.3) is 5.69 Å². The molecule has 1 aromatic carbocycles. The highest BCUT2D eigenvalue weighted by Crippen LogP contribution is 2.45. The van der Waals surface area contributed by atoms with Gasteiger partial charge in [-0.3, -0.25) is 19.7 Å². The number of likely N-dealkylation sites (tertiary alicyclic amines) is 1. The molecule has 1 aliphatic rings. The highest BCUT2D eigenvalue weighted by Gasteiger charge is 2.64. The Morgan fingerprint density at radius 3 is 2.48 bits per heavy atom. The summed E-state index contributed by atoms with van der Waals surface area (Å²) in [5.41, 5.74) is -3.07. The molecule has 1 aromatic rings. The van der Waals surface area contributed by atoms with Crippen LogP contribution in [-0.4, -0.2) is 46.1 Å². The Morgan fingerprint density at radius 2 is 2.04 bits per heavy atom. The van der Waals surface area contributed by atoms with Crippen LogP contribution in [0.15, 0.2) is 18.2 Å². The first kappa shape index (κ1) is 19.0. The molecular formula is C14H12ClF3N2O5. The second-order valence-corrected chi connectivity index (χ2v) is 6.07. The van der Waals surface area contributed by atoms with Crippen LogP contribution in [-0.2, 0) is 16.0 Å². The number of carboxylic acids is 1. The van der Waals surface area contributed by atoms with Crippen LogP contribution in [0.2, 0.25) is 5.02 Å². The minimum absolute atomic E-state index is 0.0675. The number of carboxylic acid groups (broad SMARTS) is 1. The number of carbonyl (C=O) groups excluding carboxylic acids is 1. The summed E-state index contributed by atoms with van der Waals surface area (Å²) in [7, 11) is 0. The number of nitro benzene ring substituents is 1. The SMILES string of the molecule is O=C(Cc1ccc([N+](=O)[O-])cc1Cl)N1CCC(C(=O)O)(C(F)(F)F)C1. The maximum Gasteiger partial charge on any atom is 0.406 e. The molecule has 1 saturated heterocycles. The average Bonchev–Trinajstić information content (AvgIpc) is 2.95. The normalized spacial score (nSPS) is 20.6. The minimum Gasteiger partial charge on any atom is -0.481 e. The van der Waals surface area contributed by atoms with Gasteiger partial charge in [-0.2, -0.15) is 13.2 Å². The number of nitrogens with zero attached hydrogens (tertiary/aromatic N) is 2. The van der Waals surface area contributed by atoms with Crippen molar-refractivity contribution in [2.45, 2.75) is 19.0 Å². The predicted molar refractivity (Wildman–Crippen MR) is 79.1 cm³/mol. The van der Waals surface area contributed by atoms with E-state index in [9.17, 15) is 32.9 Å². The Bertz CT molecular complexity index is 740. The summed E-state index contributed by atoms with van der Waals surface area (Å²) in [6, 6.07) is 3.39. The molecule has 0 saturated carbocycles. The van der Waals surface area contributed by atoms with Gasteiger partial charge >= 0.3 is 12.1 Å². The van der Waals surface area contributed by atoms with Gasteiger partial charge < -0.3 is 10.0 Å². The number of benzene rings is 1. The van der Waals surface area contributed by atoms with E-state index < -0.39 is 41.4 Å². The summed E-state index contributed by atoms with van der Waals surface area (Å²) in [6.45, 7) is -1.33. The van der Waals surface area contributed by atoms with Gasteiger partial charge in [-0.15, -0.1) is 0 Å². The molecule has 1 atom stereocenters. The molecule has 0 radical (unpaired) electrons. The topological polar surface area (TPSA) is 101 Å². The molecule has 25 heavy (non-hydrogen) atoms. The van der Waals surface area contributed by atoms with E-state index in [0.29, 0.717) is 0 Å². The van der Waals surface area contributed by atoms with Gasteiger partial charge in [0.2, 0.25) is 5.91 Å². The lowest BCUT2D eigenvalue weighted by Crippen LogP contribution is -2.47. The third-order valence-electron chi connectivity index (χ3n) is 4.16. The third-order valence-corrected chi connectivity index (χ3v) is 4.51. The summed E-state index contributed by atoms with van der Waals surface area (Å²) in [5.74, 6) is -2.76. The zero-order valence-corrected chi connectivity index (χ0v) is 13.3. The van der Waals surface area contributed by atoms with Gasteiger partial charge in [-0.25, -0.2) is 0 Å². The zero-order chi connectivity index (χ0) is 19.0. The number of halogens is 4. The number of rotatable bonds is 4. The summed E-state index contributed by atoms with van der Waals surface area (Å²) < 4.78 is 39.3. The first-order valence-electron chi connectivity index (χ1n) is 6.98. The molecule has 1 heterocycles. The average molecular weight is 381 g/mol. The molecular weight excluding hydrogens is 369 g/mol. The smallest absolute Gasteiger partial charge is 0.406 e. The van der Waals surface area contributed by atoms with E-state index in [1.54, 1.807) is 0 Å². The lowest BCUT2D eigenvalue weighted by Gasteiger charge is -2.27. The van der Waals surface area contributed by atoms with Crippen molar-refractivity contribution in [3.8, 4) is 0 Å². The predicted octanol–water partition coefficient (Wildman–Crippen LogP) is 2.66. The van der Waals surface area contributed by atoms with Crippen LogP contribution in [0.4, 0.5) is 18.9 Å². The van der Waals surface area contributed by atoms with E-state index in [1.165, 1.54) is 6.07 Å². The largest absolute Gasteiger partial charge is 0.481 e. The molecule has 2 rings (SSSR count). The molecule has 0 aromatic heterocycles. The van der Waals surface area contributed by atoms with Crippen LogP contribution in [0.5, 0.6) is 0 Å². The molecule has 0 aliphatic carbocycles. The molecule has 7 nitrogen and oxygen atoms in total. The molecule has 0 bridgehead atoms. The summed E-state index contributed by atoms with van der Waals surface area (Å²) in [5, 5.41) is 19.5. The van der Waals surface area contributed by atoms with E-state index in [1.807, 2.05) is 0 Å². The zero-order valence-electron chi connectivity index (χ0n) is 12.5. The molecule has 1 unspecified atom stereocenters. The first-order valence-corrected chi connectivity index (χ1v) is 7.36. The van der Waals surface area contributed by atoms with E-state index in [-0.39, 0.29) is 29.2 Å². The molecule has 1 amide bonds. The van der Waals surface area contributed by atoms with Crippen LogP contribution >= 0.6 is 11.6 Å². The number of carbonyl (C=O) groups is 2. The Hall–Kier alpha value is -2.36. The lowest BCUT2D eigenvalue weighted by molar-refractivity contribution is -0.384. The maximum atomic E-state index is 13.1. The van der Waals surface area contributed by atoms with Crippen LogP contribution in [0.25, 0.3) is 0 Å². The number of non-ortho nitro benzene ring substituents is 1. The minimum atomic E-state index is -4.99. The standard InChI is InChI=1S/C14H12ClF3N2O5/c15-10-6-9(20(24)25)2-1-8(10)5-11(21)19-4-3-13(7-19,12(22)23)14(16,17)18/h1-2,6H,3-5,7H2,(H,22,23). The fraction of sp³-hybridized carbons (Fsp3) is 0.429. The number of aliphatic carboxylic acids is 1. The van der Waals surface area contributed by atoms with Crippen molar-refractivity contribution < 1.29 is 32.8 Å². The number of amides is 1. The summed E-state index contributed by atoms with van der Waals surface area (Å²) in [6.07, 6.45) is -6.10. The van der Waals surface area contributed by atoms with Crippen LogP contribution in [0.3, 0.4) is 0 Å².